The van der Waals surface area contributed by atoms with Crippen LogP contribution in [0.25, 0.3) is 22.0 Å². The Kier molecular flexibility index (Phi) is 5.25. The molecule has 0 spiro atoms. The van der Waals surface area contributed by atoms with Crippen LogP contribution in [-0.2, 0) is 12.5 Å². The van der Waals surface area contributed by atoms with Crippen LogP contribution in [0.3, 0.4) is 0 Å². The second-order valence-electron chi connectivity index (χ2n) is 9.20. The van der Waals surface area contributed by atoms with Crippen LogP contribution in [0.4, 0.5) is 5.69 Å². The van der Waals surface area contributed by atoms with Crippen molar-refractivity contribution in [2.24, 2.45) is 7.05 Å². The van der Waals surface area contributed by atoms with Crippen LogP contribution in [-0.4, -0.2) is 15.5 Å². The number of carbonyl (C=O) groups excluding carboxylic acids is 1. The summed E-state index contributed by atoms with van der Waals surface area (Å²) >= 11 is 0. The monoisotopic (exact) mass is 429 g/mol. The fourth-order valence-corrected chi connectivity index (χ4v) is 3.70. The molecule has 0 saturated heterocycles. The van der Waals surface area contributed by atoms with Gasteiger partial charge in [0.15, 0.2) is 5.76 Å². The van der Waals surface area contributed by atoms with Crippen molar-refractivity contribution < 1.29 is 9.21 Å². The van der Waals surface area contributed by atoms with Gasteiger partial charge in [-0.2, -0.15) is 0 Å². The van der Waals surface area contributed by atoms with E-state index in [9.17, 15) is 9.59 Å². The number of pyridine rings is 2. The van der Waals surface area contributed by atoms with Gasteiger partial charge in [0, 0.05) is 41.0 Å². The first-order valence-electron chi connectivity index (χ1n) is 10.5. The number of aromatic nitrogens is 2. The Morgan fingerprint density at radius 2 is 1.78 bits per heavy atom. The number of nitrogens with zero attached hydrogens (tertiary/aromatic N) is 2. The van der Waals surface area contributed by atoms with Crippen molar-refractivity contribution in [3.63, 3.8) is 0 Å². The van der Waals surface area contributed by atoms with Gasteiger partial charge in [-0.1, -0.05) is 26.8 Å². The molecule has 3 heterocycles. The summed E-state index contributed by atoms with van der Waals surface area (Å²) in [6, 6.07) is 12.8. The molecule has 0 aliphatic rings. The lowest BCUT2D eigenvalue weighted by molar-refractivity contribution is 0.0993. The highest BCUT2D eigenvalue weighted by molar-refractivity contribution is 6.02. The molecular weight excluding hydrogens is 402 g/mol. The van der Waals surface area contributed by atoms with E-state index in [2.05, 4.69) is 10.3 Å². The molecule has 0 aliphatic carbocycles. The van der Waals surface area contributed by atoms with Crippen molar-refractivity contribution >= 4 is 22.5 Å². The van der Waals surface area contributed by atoms with E-state index in [0.717, 1.165) is 33.5 Å². The van der Waals surface area contributed by atoms with Gasteiger partial charge in [0.2, 0.25) is 0 Å². The molecule has 164 valence electrons. The SMILES string of the molecule is Cc1cc2c(cn1)cc(-c1cc(NC(=O)c3ccc(C(C)(C)C)o3)ccc1C)c(=O)n2C. The standard InChI is InChI=1S/C26H27N3O3/c1-15-7-8-18(28-24(30)22-9-10-23(32-22)26(3,4)5)13-19(15)20-12-17-14-27-16(2)11-21(17)29(6)25(20)31/h7-14H,1-6H3,(H,28,30). The molecule has 0 unspecified atom stereocenters. The van der Waals surface area contributed by atoms with Crippen LogP contribution in [0.2, 0.25) is 0 Å². The summed E-state index contributed by atoms with van der Waals surface area (Å²) in [5.74, 6) is 0.664. The molecule has 32 heavy (non-hydrogen) atoms. The minimum Gasteiger partial charge on any atom is -0.455 e. The molecule has 1 amide bonds. The van der Waals surface area contributed by atoms with Crippen LogP contribution in [0.15, 0.2) is 57.9 Å². The summed E-state index contributed by atoms with van der Waals surface area (Å²) < 4.78 is 7.38. The molecule has 6 heteroatoms. The van der Waals surface area contributed by atoms with E-state index >= 15 is 0 Å². The van der Waals surface area contributed by atoms with Crippen LogP contribution in [0.5, 0.6) is 0 Å². The fraction of sp³-hybridized carbons (Fsp3) is 0.269. The summed E-state index contributed by atoms with van der Waals surface area (Å²) in [5.41, 5.74) is 4.26. The number of carbonyl (C=O) groups is 1. The first kappa shape index (κ1) is 21.6. The molecule has 1 aromatic carbocycles. The number of fused-ring (bicyclic) bond motifs is 1. The molecule has 0 saturated carbocycles. The second kappa shape index (κ2) is 7.79. The van der Waals surface area contributed by atoms with Crippen molar-refractivity contribution in [3.05, 3.63) is 81.8 Å². The van der Waals surface area contributed by atoms with Gasteiger partial charge in [0.05, 0.1) is 5.52 Å². The number of furan rings is 1. The van der Waals surface area contributed by atoms with E-state index in [0.29, 0.717) is 11.3 Å². The Labute approximate surface area is 186 Å². The third-order valence-electron chi connectivity index (χ3n) is 5.60. The third kappa shape index (κ3) is 3.96. The predicted molar refractivity (Wildman–Crippen MR) is 127 cm³/mol. The Morgan fingerprint density at radius 3 is 2.47 bits per heavy atom. The maximum absolute atomic E-state index is 13.1. The molecule has 4 aromatic rings. The summed E-state index contributed by atoms with van der Waals surface area (Å²) in [6.07, 6.45) is 1.78. The van der Waals surface area contributed by atoms with E-state index in [4.69, 9.17) is 4.42 Å². The molecule has 0 fully saturated rings. The van der Waals surface area contributed by atoms with E-state index in [-0.39, 0.29) is 22.6 Å². The zero-order valence-electron chi connectivity index (χ0n) is 19.2. The number of hydrogen-bond acceptors (Lipinski definition) is 4. The first-order valence-corrected chi connectivity index (χ1v) is 10.5. The average molecular weight is 430 g/mol. The quantitative estimate of drug-likeness (QED) is 0.476. The lowest BCUT2D eigenvalue weighted by Gasteiger charge is -2.14. The Bertz CT molecular complexity index is 1400. The van der Waals surface area contributed by atoms with E-state index in [1.807, 2.05) is 71.0 Å². The topological polar surface area (TPSA) is 77.1 Å². The normalized spacial score (nSPS) is 11.7. The van der Waals surface area contributed by atoms with Gasteiger partial charge >= 0.3 is 0 Å². The summed E-state index contributed by atoms with van der Waals surface area (Å²) in [6.45, 7) is 9.93. The van der Waals surface area contributed by atoms with Gasteiger partial charge in [-0.05, 0) is 61.4 Å². The molecule has 6 nitrogen and oxygen atoms in total. The molecular formula is C26H27N3O3. The maximum Gasteiger partial charge on any atom is 0.291 e. The zero-order valence-corrected chi connectivity index (χ0v) is 19.2. The van der Waals surface area contributed by atoms with E-state index in [1.54, 1.807) is 23.9 Å². The number of rotatable bonds is 3. The van der Waals surface area contributed by atoms with Gasteiger partial charge < -0.3 is 14.3 Å². The van der Waals surface area contributed by atoms with Gasteiger partial charge in [-0.25, -0.2) is 0 Å². The number of aryl methyl sites for hydroxylation is 3. The van der Waals surface area contributed by atoms with Crippen LogP contribution < -0.4 is 10.9 Å². The largest absolute Gasteiger partial charge is 0.455 e. The Morgan fingerprint density at radius 1 is 1.03 bits per heavy atom. The molecule has 4 rings (SSSR count). The summed E-state index contributed by atoms with van der Waals surface area (Å²) in [5, 5.41) is 3.77. The fourth-order valence-electron chi connectivity index (χ4n) is 3.70. The molecule has 0 radical (unpaired) electrons. The molecule has 1 N–H and O–H groups in total. The van der Waals surface area contributed by atoms with Crippen molar-refractivity contribution in [1.82, 2.24) is 9.55 Å². The van der Waals surface area contributed by atoms with E-state index < -0.39 is 0 Å². The van der Waals surface area contributed by atoms with Crippen LogP contribution >= 0.6 is 0 Å². The summed E-state index contributed by atoms with van der Waals surface area (Å²) in [7, 11) is 1.76. The molecule has 0 bridgehead atoms. The van der Waals surface area contributed by atoms with E-state index in [1.165, 1.54) is 0 Å². The van der Waals surface area contributed by atoms with Crippen molar-refractivity contribution in [3.8, 4) is 11.1 Å². The van der Waals surface area contributed by atoms with Crippen molar-refractivity contribution in [1.29, 1.82) is 0 Å². The van der Waals surface area contributed by atoms with Crippen LogP contribution in [0, 0.1) is 13.8 Å². The number of nitrogens with one attached hydrogen (secondary N) is 1. The smallest absolute Gasteiger partial charge is 0.291 e. The summed E-state index contributed by atoms with van der Waals surface area (Å²) in [4.78, 5) is 30.2. The van der Waals surface area contributed by atoms with Crippen molar-refractivity contribution in [2.45, 2.75) is 40.0 Å². The number of hydrogen-bond donors (Lipinski definition) is 1. The zero-order chi connectivity index (χ0) is 23.2. The highest BCUT2D eigenvalue weighted by Crippen LogP contribution is 2.28. The number of benzene rings is 1. The van der Waals surface area contributed by atoms with Gasteiger partial charge in [-0.3, -0.25) is 14.6 Å². The highest BCUT2D eigenvalue weighted by atomic mass is 16.4. The lowest BCUT2D eigenvalue weighted by atomic mass is 9.94. The Hall–Kier alpha value is -3.67. The minimum atomic E-state index is -0.332. The molecule has 3 aromatic heterocycles. The number of anilines is 1. The highest BCUT2D eigenvalue weighted by Gasteiger charge is 2.21. The minimum absolute atomic E-state index is 0.101. The number of amides is 1. The van der Waals surface area contributed by atoms with Gasteiger partial charge in [-0.15, -0.1) is 0 Å². The first-order chi connectivity index (χ1) is 15.0. The lowest BCUT2D eigenvalue weighted by Crippen LogP contribution is -2.19. The molecule has 0 aliphatic heterocycles. The van der Waals surface area contributed by atoms with Crippen LogP contribution in [0.1, 0.15) is 48.3 Å². The molecule has 0 atom stereocenters. The van der Waals surface area contributed by atoms with Gasteiger partial charge in [0.25, 0.3) is 11.5 Å². The average Bonchev–Trinajstić information content (AvgIpc) is 3.24. The maximum atomic E-state index is 13.1. The Balaban J connectivity index is 1.72. The van der Waals surface area contributed by atoms with Crippen molar-refractivity contribution in [2.75, 3.05) is 5.32 Å². The predicted octanol–water partition coefficient (Wildman–Crippen LogP) is 5.36. The third-order valence-corrected chi connectivity index (χ3v) is 5.60. The second-order valence-corrected chi connectivity index (χ2v) is 9.20. The van der Waals surface area contributed by atoms with Gasteiger partial charge in [0.1, 0.15) is 5.76 Å².